The topological polar surface area (TPSA) is 64.4 Å². The van der Waals surface area contributed by atoms with Crippen molar-refractivity contribution in [1.29, 1.82) is 0 Å². The first kappa shape index (κ1) is 26.5. The molecule has 1 aliphatic heterocycles. The van der Waals surface area contributed by atoms with E-state index in [9.17, 15) is 0 Å². The van der Waals surface area contributed by atoms with Crippen molar-refractivity contribution < 1.29 is 9.47 Å². The fourth-order valence-corrected chi connectivity index (χ4v) is 5.79. The lowest BCUT2D eigenvalue weighted by Gasteiger charge is -2.28. The molecule has 0 unspecified atom stereocenters. The van der Waals surface area contributed by atoms with Crippen molar-refractivity contribution in [2.75, 3.05) is 12.0 Å². The first-order valence-corrected chi connectivity index (χ1v) is 13.9. The Bertz CT molecular complexity index is 1640. The standard InChI is InChI=1S/C33H31N5O2S/c1-22-20-29(23(2)37(22)21-24-15-18-34-19-16-24)32-31(30-6-4-5-17-35-30)36-33(41)38(32)25-7-9-27(10-8-25)40-28-13-11-26(39-3)12-14-28/h4-20,31-32H,21H2,1-3H3,(H,36,41)/t31-,32+/m0/s1. The Morgan fingerprint density at radius 1 is 0.854 bits per heavy atom. The van der Waals surface area contributed by atoms with Crippen LogP contribution in [-0.2, 0) is 6.54 Å². The van der Waals surface area contributed by atoms with Crippen LogP contribution in [0.1, 0.15) is 40.3 Å². The van der Waals surface area contributed by atoms with Crippen molar-refractivity contribution in [2.45, 2.75) is 32.5 Å². The summed E-state index contributed by atoms with van der Waals surface area (Å²) in [7, 11) is 1.65. The Balaban J connectivity index is 1.35. The summed E-state index contributed by atoms with van der Waals surface area (Å²) in [6.45, 7) is 5.12. The predicted octanol–water partition coefficient (Wildman–Crippen LogP) is 6.92. The Morgan fingerprint density at radius 3 is 2.20 bits per heavy atom. The number of hydrogen-bond acceptors (Lipinski definition) is 5. The second-order valence-corrected chi connectivity index (χ2v) is 10.4. The first-order chi connectivity index (χ1) is 20.0. The highest BCUT2D eigenvalue weighted by Crippen LogP contribution is 2.43. The molecule has 0 amide bonds. The van der Waals surface area contributed by atoms with Gasteiger partial charge in [-0.3, -0.25) is 9.97 Å². The molecule has 6 rings (SSSR count). The van der Waals surface area contributed by atoms with Crippen LogP contribution < -0.4 is 19.7 Å². The van der Waals surface area contributed by atoms with Crippen LogP contribution in [0.2, 0.25) is 0 Å². The van der Waals surface area contributed by atoms with Gasteiger partial charge in [0.15, 0.2) is 5.11 Å². The van der Waals surface area contributed by atoms with Gasteiger partial charge in [-0.05, 0) is 116 Å². The fraction of sp³-hybridized carbons (Fsp3) is 0.182. The third-order valence-electron chi connectivity index (χ3n) is 7.53. The van der Waals surface area contributed by atoms with Gasteiger partial charge in [0.2, 0.25) is 0 Å². The van der Waals surface area contributed by atoms with E-state index >= 15 is 0 Å². The number of aryl methyl sites for hydroxylation is 1. The lowest BCUT2D eigenvalue weighted by molar-refractivity contribution is 0.413. The lowest BCUT2D eigenvalue weighted by Crippen LogP contribution is -2.29. The second-order valence-electron chi connectivity index (χ2n) is 10.0. The van der Waals surface area contributed by atoms with Gasteiger partial charge in [0, 0.05) is 42.2 Å². The molecule has 0 bridgehead atoms. The Morgan fingerprint density at radius 2 is 1.54 bits per heavy atom. The first-order valence-electron chi connectivity index (χ1n) is 13.5. The summed E-state index contributed by atoms with van der Waals surface area (Å²) < 4.78 is 13.7. The zero-order valence-electron chi connectivity index (χ0n) is 23.2. The van der Waals surface area contributed by atoms with Gasteiger partial charge in [0.1, 0.15) is 17.2 Å². The predicted molar refractivity (Wildman–Crippen MR) is 165 cm³/mol. The summed E-state index contributed by atoms with van der Waals surface area (Å²) in [6.07, 6.45) is 5.51. The summed E-state index contributed by atoms with van der Waals surface area (Å²) in [5, 5.41) is 4.23. The van der Waals surface area contributed by atoms with E-state index in [2.05, 4.69) is 70.0 Å². The zero-order valence-corrected chi connectivity index (χ0v) is 24.0. The highest BCUT2D eigenvalue weighted by molar-refractivity contribution is 7.80. The van der Waals surface area contributed by atoms with Crippen molar-refractivity contribution >= 4 is 23.0 Å². The molecule has 1 aliphatic rings. The molecule has 1 N–H and O–H groups in total. The van der Waals surface area contributed by atoms with Gasteiger partial charge in [-0.2, -0.15) is 0 Å². The van der Waals surface area contributed by atoms with Gasteiger partial charge >= 0.3 is 0 Å². The van der Waals surface area contributed by atoms with Gasteiger partial charge in [-0.1, -0.05) is 6.07 Å². The zero-order chi connectivity index (χ0) is 28.3. The number of anilines is 1. The van der Waals surface area contributed by atoms with Crippen molar-refractivity contribution in [3.05, 3.63) is 132 Å². The molecule has 0 radical (unpaired) electrons. The van der Waals surface area contributed by atoms with E-state index in [0.717, 1.165) is 35.2 Å². The molecule has 0 aliphatic carbocycles. The molecule has 0 saturated carbocycles. The van der Waals surface area contributed by atoms with Gasteiger partial charge < -0.3 is 24.3 Å². The van der Waals surface area contributed by atoms with E-state index < -0.39 is 0 Å². The van der Waals surface area contributed by atoms with Crippen molar-refractivity contribution in [1.82, 2.24) is 19.9 Å². The van der Waals surface area contributed by atoms with Gasteiger partial charge in [0.25, 0.3) is 0 Å². The van der Waals surface area contributed by atoms with Crippen LogP contribution in [0.15, 0.2) is 104 Å². The number of ether oxygens (including phenoxy) is 2. The van der Waals surface area contributed by atoms with Crippen LogP contribution in [0.3, 0.4) is 0 Å². The number of rotatable bonds is 8. The molecule has 3 aromatic heterocycles. The molecule has 2 atom stereocenters. The highest BCUT2D eigenvalue weighted by atomic mass is 32.1. The number of methoxy groups -OCH3 is 1. The molecule has 0 spiro atoms. The largest absolute Gasteiger partial charge is 0.497 e. The summed E-state index contributed by atoms with van der Waals surface area (Å²) >= 11 is 5.96. The quantitative estimate of drug-likeness (QED) is 0.206. The maximum absolute atomic E-state index is 6.08. The number of benzene rings is 2. The maximum atomic E-state index is 6.08. The van der Waals surface area contributed by atoms with E-state index in [1.54, 1.807) is 7.11 Å². The van der Waals surface area contributed by atoms with Gasteiger partial charge in [-0.25, -0.2) is 0 Å². The van der Waals surface area contributed by atoms with Gasteiger partial charge in [0.05, 0.1) is 24.9 Å². The fourth-order valence-electron chi connectivity index (χ4n) is 5.44. The molecule has 8 heteroatoms. The average Bonchev–Trinajstić information content (AvgIpc) is 3.49. The number of pyridine rings is 2. The summed E-state index contributed by atoms with van der Waals surface area (Å²) in [4.78, 5) is 11.1. The SMILES string of the molecule is COc1ccc(Oc2ccc(N3C(=S)N[C@@H](c4ccccn4)[C@H]3c3cc(C)n(Cc4ccncc4)c3C)cc2)cc1. The summed E-state index contributed by atoms with van der Waals surface area (Å²) in [5.74, 6) is 2.27. The molecular formula is C33H31N5O2S. The molecule has 7 nitrogen and oxygen atoms in total. The van der Waals surface area contributed by atoms with E-state index in [-0.39, 0.29) is 12.1 Å². The van der Waals surface area contributed by atoms with Gasteiger partial charge in [-0.15, -0.1) is 0 Å². The molecule has 206 valence electrons. The van der Waals surface area contributed by atoms with Crippen LogP contribution in [0, 0.1) is 13.8 Å². The van der Waals surface area contributed by atoms with Crippen LogP contribution in [0.25, 0.3) is 0 Å². The normalized spacial score (nSPS) is 16.5. The third-order valence-corrected chi connectivity index (χ3v) is 7.84. The molecule has 1 fully saturated rings. The van der Waals surface area contributed by atoms with Crippen molar-refractivity contribution in [3.63, 3.8) is 0 Å². The van der Waals surface area contributed by atoms with Crippen LogP contribution >= 0.6 is 12.2 Å². The Labute approximate surface area is 245 Å². The molecule has 2 aromatic carbocycles. The molecule has 5 aromatic rings. The van der Waals surface area contributed by atoms with E-state index in [1.165, 1.54) is 22.5 Å². The smallest absolute Gasteiger partial charge is 0.174 e. The number of nitrogens with zero attached hydrogens (tertiary/aromatic N) is 4. The maximum Gasteiger partial charge on any atom is 0.174 e. The lowest BCUT2D eigenvalue weighted by atomic mass is 9.96. The van der Waals surface area contributed by atoms with E-state index in [0.29, 0.717) is 5.11 Å². The second kappa shape index (κ2) is 11.4. The third kappa shape index (κ3) is 5.38. The number of hydrogen-bond donors (Lipinski definition) is 1. The van der Waals surface area contributed by atoms with Crippen LogP contribution in [-0.4, -0.2) is 26.8 Å². The number of aromatic nitrogens is 3. The van der Waals surface area contributed by atoms with E-state index in [1.807, 2.05) is 67.1 Å². The average molecular weight is 562 g/mol. The van der Waals surface area contributed by atoms with Crippen LogP contribution in [0.5, 0.6) is 17.2 Å². The number of nitrogens with one attached hydrogen (secondary N) is 1. The minimum atomic E-state index is -0.117. The van der Waals surface area contributed by atoms with Crippen molar-refractivity contribution in [3.8, 4) is 17.2 Å². The van der Waals surface area contributed by atoms with Crippen molar-refractivity contribution in [2.24, 2.45) is 0 Å². The minimum Gasteiger partial charge on any atom is -0.497 e. The summed E-state index contributed by atoms with van der Waals surface area (Å²) in [6, 6.07) is 27.8. The van der Waals surface area contributed by atoms with E-state index in [4.69, 9.17) is 26.7 Å². The monoisotopic (exact) mass is 561 g/mol. The van der Waals surface area contributed by atoms with Crippen LogP contribution in [0.4, 0.5) is 5.69 Å². The Hall–Kier alpha value is -4.69. The Kier molecular flexibility index (Phi) is 7.39. The molecular weight excluding hydrogens is 530 g/mol. The molecule has 1 saturated heterocycles. The highest BCUT2D eigenvalue weighted by Gasteiger charge is 2.42. The minimum absolute atomic E-state index is 0.0943. The number of thiocarbonyl (C=S) groups is 1. The summed E-state index contributed by atoms with van der Waals surface area (Å²) in [5.41, 5.74) is 6.72. The molecule has 4 heterocycles. The molecule has 41 heavy (non-hydrogen) atoms.